The van der Waals surface area contributed by atoms with Crippen molar-refractivity contribution in [3.63, 3.8) is 0 Å². The van der Waals surface area contributed by atoms with Crippen molar-refractivity contribution in [2.24, 2.45) is 5.41 Å². The lowest BCUT2D eigenvalue weighted by atomic mass is 9.80. The highest BCUT2D eigenvalue weighted by molar-refractivity contribution is 5.80. The van der Waals surface area contributed by atoms with E-state index in [-0.39, 0.29) is 19.0 Å². The molecule has 0 unspecified atom stereocenters. The maximum Gasteiger partial charge on any atom is 0.311 e. The fourth-order valence-corrected chi connectivity index (χ4v) is 2.49. The van der Waals surface area contributed by atoms with Gasteiger partial charge < -0.3 is 15.7 Å². The molecule has 108 valence electrons. The SMILES string of the molecule is C=CCNCC(=O)NCC1(C(=O)O)CCCCCC1. The van der Waals surface area contributed by atoms with Crippen LogP contribution in [0.1, 0.15) is 38.5 Å². The zero-order valence-electron chi connectivity index (χ0n) is 11.4. The van der Waals surface area contributed by atoms with E-state index in [1.807, 2.05) is 0 Å². The van der Waals surface area contributed by atoms with Crippen molar-refractivity contribution in [3.05, 3.63) is 12.7 Å². The van der Waals surface area contributed by atoms with Crippen LogP contribution in [0, 0.1) is 5.41 Å². The minimum absolute atomic E-state index is 0.160. The fourth-order valence-electron chi connectivity index (χ4n) is 2.49. The Balaban J connectivity index is 2.47. The second-order valence-electron chi connectivity index (χ2n) is 5.20. The van der Waals surface area contributed by atoms with E-state index < -0.39 is 11.4 Å². The topological polar surface area (TPSA) is 78.4 Å². The number of carbonyl (C=O) groups excluding carboxylic acids is 1. The van der Waals surface area contributed by atoms with Crippen molar-refractivity contribution in [2.45, 2.75) is 38.5 Å². The third-order valence-electron chi connectivity index (χ3n) is 3.71. The standard InChI is InChI=1S/C14H24N2O3/c1-2-9-15-10-12(17)16-11-14(13(18)19)7-5-3-4-6-8-14/h2,15H,1,3-11H2,(H,16,17)(H,18,19). The quantitative estimate of drug-likeness (QED) is 0.369. The number of nitrogens with one attached hydrogen (secondary N) is 2. The van der Waals surface area contributed by atoms with E-state index in [4.69, 9.17) is 0 Å². The smallest absolute Gasteiger partial charge is 0.311 e. The molecule has 1 aliphatic rings. The van der Waals surface area contributed by atoms with E-state index in [2.05, 4.69) is 17.2 Å². The second-order valence-corrected chi connectivity index (χ2v) is 5.20. The van der Waals surface area contributed by atoms with Crippen molar-refractivity contribution >= 4 is 11.9 Å². The molecule has 5 nitrogen and oxygen atoms in total. The molecule has 0 heterocycles. The summed E-state index contributed by atoms with van der Waals surface area (Å²) in [4.78, 5) is 23.1. The predicted molar refractivity (Wildman–Crippen MR) is 73.8 cm³/mol. The van der Waals surface area contributed by atoms with Crippen molar-refractivity contribution in [2.75, 3.05) is 19.6 Å². The molecule has 1 fully saturated rings. The van der Waals surface area contributed by atoms with Gasteiger partial charge in [0, 0.05) is 13.1 Å². The van der Waals surface area contributed by atoms with Gasteiger partial charge in [-0.05, 0) is 12.8 Å². The molecule has 3 N–H and O–H groups in total. The average Bonchev–Trinajstić information content (AvgIpc) is 2.63. The lowest BCUT2D eigenvalue weighted by Gasteiger charge is -2.28. The summed E-state index contributed by atoms with van der Waals surface area (Å²) in [5.74, 6) is -0.944. The lowest BCUT2D eigenvalue weighted by Crippen LogP contribution is -2.45. The molecular weight excluding hydrogens is 244 g/mol. The van der Waals surface area contributed by atoms with Crippen LogP contribution in [0.15, 0.2) is 12.7 Å². The van der Waals surface area contributed by atoms with Gasteiger partial charge in [0.05, 0.1) is 12.0 Å². The van der Waals surface area contributed by atoms with Crippen LogP contribution in [0.3, 0.4) is 0 Å². The number of carboxylic acids is 1. The Morgan fingerprint density at radius 3 is 2.37 bits per heavy atom. The van der Waals surface area contributed by atoms with Gasteiger partial charge in [-0.25, -0.2) is 0 Å². The molecule has 1 aliphatic carbocycles. The molecule has 0 aliphatic heterocycles. The van der Waals surface area contributed by atoms with Gasteiger partial charge in [-0.2, -0.15) is 0 Å². The molecule has 0 radical (unpaired) electrons. The first kappa shape index (κ1) is 15.7. The fraction of sp³-hybridized carbons (Fsp3) is 0.714. The summed E-state index contributed by atoms with van der Waals surface area (Å²) in [6.45, 7) is 4.55. The molecular formula is C14H24N2O3. The first-order valence-electron chi connectivity index (χ1n) is 6.92. The minimum atomic E-state index is -0.784. The highest BCUT2D eigenvalue weighted by Crippen LogP contribution is 2.34. The largest absolute Gasteiger partial charge is 0.481 e. The highest BCUT2D eigenvalue weighted by Gasteiger charge is 2.38. The van der Waals surface area contributed by atoms with Crippen molar-refractivity contribution in [1.29, 1.82) is 0 Å². The molecule has 5 heteroatoms. The van der Waals surface area contributed by atoms with Crippen LogP contribution in [0.5, 0.6) is 0 Å². The Morgan fingerprint density at radius 1 is 1.21 bits per heavy atom. The monoisotopic (exact) mass is 268 g/mol. The molecule has 19 heavy (non-hydrogen) atoms. The third kappa shape index (κ3) is 5.03. The third-order valence-corrected chi connectivity index (χ3v) is 3.71. The Morgan fingerprint density at radius 2 is 1.84 bits per heavy atom. The summed E-state index contributed by atoms with van der Waals surface area (Å²) < 4.78 is 0. The van der Waals surface area contributed by atoms with E-state index in [9.17, 15) is 14.7 Å². The Kier molecular flexibility index (Phi) is 6.56. The van der Waals surface area contributed by atoms with Crippen molar-refractivity contribution in [3.8, 4) is 0 Å². The van der Waals surface area contributed by atoms with E-state index >= 15 is 0 Å². The summed E-state index contributed by atoms with van der Waals surface area (Å²) in [6, 6.07) is 0. The predicted octanol–water partition coefficient (Wildman–Crippen LogP) is 1.30. The van der Waals surface area contributed by atoms with Crippen LogP contribution in [-0.2, 0) is 9.59 Å². The molecule has 0 atom stereocenters. The average molecular weight is 268 g/mol. The van der Waals surface area contributed by atoms with Crippen LogP contribution in [-0.4, -0.2) is 36.6 Å². The second kappa shape index (κ2) is 7.94. The number of hydrogen-bond donors (Lipinski definition) is 3. The molecule has 0 aromatic heterocycles. The van der Waals surface area contributed by atoms with Gasteiger partial charge in [0.2, 0.25) is 5.91 Å². The molecule has 1 saturated carbocycles. The van der Waals surface area contributed by atoms with Gasteiger partial charge >= 0.3 is 5.97 Å². The maximum atomic E-state index is 11.6. The number of carbonyl (C=O) groups is 2. The minimum Gasteiger partial charge on any atom is -0.481 e. The first-order chi connectivity index (χ1) is 9.10. The summed E-state index contributed by atoms with van der Waals surface area (Å²) in [7, 11) is 0. The van der Waals surface area contributed by atoms with Crippen molar-refractivity contribution in [1.82, 2.24) is 10.6 Å². The zero-order chi connectivity index (χ0) is 14.1. The zero-order valence-corrected chi connectivity index (χ0v) is 11.4. The van der Waals surface area contributed by atoms with E-state index in [1.165, 1.54) is 0 Å². The number of aliphatic carboxylic acids is 1. The Bertz CT molecular complexity index is 321. The number of amides is 1. The molecule has 0 aromatic carbocycles. The Hall–Kier alpha value is -1.36. The molecule has 0 spiro atoms. The van der Waals surface area contributed by atoms with E-state index in [1.54, 1.807) is 6.08 Å². The number of rotatable bonds is 7. The van der Waals surface area contributed by atoms with Gasteiger partial charge in [0.1, 0.15) is 0 Å². The molecule has 1 rings (SSSR count). The van der Waals surface area contributed by atoms with E-state index in [0.717, 1.165) is 25.7 Å². The van der Waals surface area contributed by atoms with Gasteiger partial charge in [-0.1, -0.05) is 31.8 Å². The molecule has 0 bridgehead atoms. The van der Waals surface area contributed by atoms with Gasteiger partial charge in [-0.15, -0.1) is 6.58 Å². The highest BCUT2D eigenvalue weighted by atomic mass is 16.4. The van der Waals surface area contributed by atoms with Crippen LogP contribution in [0.25, 0.3) is 0 Å². The maximum absolute atomic E-state index is 11.6. The van der Waals surface area contributed by atoms with Crippen LogP contribution in [0.2, 0.25) is 0 Å². The summed E-state index contributed by atoms with van der Waals surface area (Å²) in [5, 5.41) is 15.1. The van der Waals surface area contributed by atoms with E-state index in [0.29, 0.717) is 19.4 Å². The van der Waals surface area contributed by atoms with Crippen LogP contribution in [0.4, 0.5) is 0 Å². The number of hydrogen-bond acceptors (Lipinski definition) is 3. The van der Waals surface area contributed by atoms with Gasteiger partial charge in [0.25, 0.3) is 0 Å². The van der Waals surface area contributed by atoms with Crippen LogP contribution >= 0.6 is 0 Å². The summed E-state index contributed by atoms with van der Waals surface area (Å²) >= 11 is 0. The Labute approximate surface area is 114 Å². The normalized spacial score (nSPS) is 18.3. The summed E-state index contributed by atoms with van der Waals surface area (Å²) in [6.07, 6.45) is 7.02. The molecule has 0 saturated heterocycles. The first-order valence-corrected chi connectivity index (χ1v) is 6.92. The number of carboxylic acid groups (broad SMARTS) is 1. The van der Waals surface area contributed by atoms with Crippen molar-refractivity contribution < 1.29 is 14.7 Å². The van der Waals surface area contributed by atoms with Gasteiger partial charge in [-0.3, -0.25) is 9.59 Å². The molecule has 1 amide bonds. The molecule has 0 aromatic rings. The lowest BCUT2D eigenvalue weighted by molar-refractivity contribution is -0.149. The summed E-state index contributed by atoms with van der Waals surface area (Å²) in [5.41, 5.74) is -0.773. The van der Waals surface area contributed by atoms with Gasteiger partial charge in [0.15, 0.2) is 0 Å². The van der Waals surface area contributed by atoms with Crippen LogP contribution < -0.4 is 10.6 Å².